The first-order chi connectivity index (χ1) is 9.49. The summed E-state index contributed by atoms with van der Waals surface area (Å²) in [5, 5.41) is 13.6. The highest BCUT2D eigenvalue weighted by atomic mass is 16.5. The number of aliphatic carboxylic acids is 1. The number of carboxylic acids is 1. The molecular formula is C11H20N4O5. The van der Waals surface area contributed by atoms with Gasteiger partial charge in [-0.1, -0.05) is 0 Å². The molecule has 0 aromatic carbocycles. The van der Waals surface area contributed by atoms with E-state index in [0.29, 0.717) is 26.3 Å². The Kier molecular flexibility index (Phi) is 6.74. The number of nitrogens with zero attached hydrogens (tertiary/aromatic N) is 1. The van der Waals surface area contributed by atoms with Gasteiger partial charge in [0.2, 0.25) is 5.91 Å². The number of carbonyl (C=O) groups is 3. The van der Waals surface area contributed by atoms with E-state index in [9.17, 15) is 14.4 Å². The standard InChI is InChI=1S/C11H20N4O5/c12-9(16)7-8(10(17)18)14-11(19)13-1-2-15-3-5-20-6-4-15/h8H,1-7H2,(H2,12,16)(H,17,18)(H2,13,14,19)/t8-/m0/s1. The minimum atomic E-state index is -1.31. The highest BCUT2D eigenvalue weighted by molar-refractivity contribution is 5.87. The molecule has 0 aromatic heterocycles. The number of carboxylic acid groups (broad SMARTS) is 1. The summed E-state index contributed by atoms with van der Waals surface area (Å²) in [5.74, 6) is -2.09. The van der Waals surface area contributed by atoms with Crippen molar-refractivity contribution in [2.75, 3.05) is 39.4 Å². The smallest absolute Gasteiger partial charge is 0.326 e. The summed E-state index contributed by atoms with van der Waals surface area (Å²) in [5.41, 5.74) is 4.91. The topological polar surface area (TPSA) is 134 Å². The Morgan fingerprint density at radius 3 is 2.50 bits per heavy atom. The largest absolute Gasteiger partial charge is 0.480 e. The first kappa shape index (κ1) is 16.2. The number of nitrogens with one attached hydrogen (secondary N) is 2. The van der Waals surface area contributed by atoms with Gasteiger partial charge in [0, 0.05) is 26.2 Å². The van der Waals surface area contributed by atoms with Crippen LogP contribution >= 0.6 is 0 Å². The number of hydrogen-bond acceptors (Lipinski definition) is 5. The van der Waals surface area contributed by atoms with E-state index in [1.165, 1.54) is 0 Å². The van der Waals surface area contributed by atoms with Crippen LogP contribution < -0.4 is 16.4 Å². The lowest BCUT2D eigenvalue weighted by molar-refractivity contribution is -0.140. The van der Waals surface area contributed by atoms with Gasteiger partial charge in [-0.05, 0) is 0 Å². The predicted molar refractivity (Wildman–Crippen MR) is 69.0 cm³/mol. The Hall–Kier alpha value is -1.87. The lowest BCUT2D eigenvalue weighted by Gasteiger charge is -2.26. The Balaban J connectivity index is 2.23. The lowest BCUT2D eigenvalue weighted by Crippen LogP contribution is -2.49. The third-order valence-corrected chi connectivity index (χ3v) is 2.83. The zero-order valence-electron chi connectivity index (χ0n) is 11.1. The summed E-state index contributed by atoms with van der Waals surface area (Å²) < 4.78 is 5.19. The summed E-state index contributed by atoms with van der Waals surface area (Å²) in [4.78, 5) is 35.1. The van der Waals surface area contributed by atoms with Gasteiger partial charge >= 0.3 is 12.0 Å². The molecule has 0 bridgehead atoms. The zero-order chi connectivity index (χ0) is 15.0. The third-order valence-electron chi connectivity index (χ3n) is 2.83. The van der Waals surface area contributed by atoms with E-state index in [1.807, 2.05) is 0 Å². The SMILES string of the molecule is NC(=O)C[C@H](NC(=O)NCCN1CCOCC1)C(=O)O. The van der Waals surface area contributed by atoms with Crippen molar-refractivity contribution < 1.29 is 24.2 Å². The molecular weight excluding hydrogens is 268 g/mol. The Bertz CT molecular complexity index is 357. The molecule has 1 heterocycles. The lowest BCUT2D eigenvalue weighted by atomic mass is 10.2. The average molecular weight is 288 g/mol. The summed E-state index contributed by atoms with van der Waals surface area (Å²) in [7, 11) is 0. The Morgan fingerprint density at radius 2 is 1.95 bits per heavy atom. The van der Waals surface area contributed by atoms with Crippen molar-refractivity contribution in [2.45, 2.75) is 12.5 Å². The second-order valence-corrected chi connectivity index (χ2v) is 4.42. The van der Waals surface area contributed by atoms with Crippen molar-refractivity contribution in [1.29, 1.82) is 0 Å². The van der Waals surface area contributed by atoms with Crippen molar-refractivity contribution >= 4 is 17.9 Å². The van der Waals surface area contributed by atoms with E-state index in [4.69, 9.17) is 15.6 Å². The molecule has 0 spiro atoms. The van der Waals surface area contributed by atoms with Crippen molar-refractivity contribution in [3.63, 3.8) is 0 Å². The van der Waals surface area contributed by atoms with Crippen LogP contribution in [0, 0.1) is 0 Å². The summed E-state index contributed by atoms with van der Waals surface area (Å²) in [6, 6.07) is -1.94. The summed E-state index contributed by atoms with van der Waals surface area (Å²) in [6.07, 6.45) is -0.438. The van der Waals surface area contributed by atoms with E-state index >= 15 is 0 Å². The van der Waals surface area contributed by atoms with Crippen LogP contribution in [-0.4, -0.2) is 73.3 Å². The molecule has 1 aliphatic rings. The quantitative estimate of drug-likeness (QED) is 0.426. The van der Waals surface area contributed by atoms with Crippen LogP contribution in [-0.2, 0) is 14.3 Å². The molecule has 1 aliphatic heterocycles. The first-order valence-corrected chi connectivity index (χ1v) is 6.34. The fourth-order valence-corrected chi connectivity index (χ4v) is 1.76. The number of ether oxygens (including phenoxy) is 1. The number of morpholine rings is 1. The number of primary amides is 1. The van der Waals surface area contributed by atoms with Gasteiger partial charge in [0.05, 0.1) is 19.6 Å². The van der Waals surface area contributed by atoms with Gasteiger partial charge in [-0.3, -0.25) is 9.69 Å². The highest BCUT2D eigenvalue weighted by Crippen LogP contribution is 1.95. The fourth-order valence-electron chi connectivity index (χ4n) is 1.76. The van der Waals surface area contributed by atoms with Crippen LogP contribution in [0.15, 0.2) is 0 Å². The predicted octanol–water partition coefficient (Wildman–Crippen LogP) is -2.05. The van der Waals surface area contributed by atoms with Crippen LogP contribution in [0.2, 0.25) is 0 Å². The van der Waals surface area contributed by atoms with Gasteiger partial charge in [0.25, 0.3) is 0 Å². The van der Waals surface area contributed by atoms with E-state index in [1.54, 1.807) is 0 Å². The molecule has 20 heavy (non-hydrogen) atoms. The van der Waals surface area contributed by atoms with E-state index in [2.05, 4.69) is 15.5 Å². The van der Waals surface area contributed by atoms with Crippen LogP contribution in [0.5, 0.6) is 0 Å². The summed E-state index contributed by atoms with van der Waals surface area (Å²) in [6.45, 7) is 4.00. The molecule has 0 aromatic rings. The maximum atomic E-state index is 11.5. The maximum Gasteiger partial charge on any atom is 0.326 e. The molecule has 1 saturated heterocycles. The van der Waals surface area contributed by atoms with Gasteiger partial charge in [-0.2, -0.15) is 0 Å². The van der Waals surface area contributed by atoms with Gasteiger partial charge in [0.15, 0.2) is 0 Å². The summed E-state index contributed by atoms with van der Waals surface area (Å²) >= 11 is 0. The molecule has 0 saturated carbocycles. The monoisotopic (exact) mass is 288 g/mol. The molecule has 5 N–H and O–H groups in total. The molecule has 1 atom stereocenters. The number of urea groups is 1. The van der Waals surface area contributed by atoms with E-state index in [-0.39, 0.29) is 0 Å². The van der Waals surface area contributed by atoms with Gasteiger partial charge in [-0.25, -0.2) is 9.59 Å². The Labute approximate surface area is 116 Å². The zero-order valence-corrected chi connectivity index (χ0v) is 11.1. The van der Waals surface area contributed by atoms with Gasteiger partial charge < -0.3 is 26.2 Å². The van der Waals surface area contributed by atoms with E-state index < -0.39 is 30.4 Å². The fraction of sp³-hybridized carbons (Fsp3) is 0.727. The Morgan fingerprint density at radius 1 is 1.30 bits per heavy atom. The van der Waals surface area contributed by atoms with Crippen molar-refractivity contribution in [2.24, 2.45) is 5.73 Å². The minimum Gasteiger partial charge on any atom is -0.480 e. The number of nitrogens with two attached hydrogens (primary N) is 1. The van der Waals surface area contributed by atoms with Crippen molar-refractivity contribution in [3.8, 4) is 0 Å². The van der Waals surface area contributed by atoms with Crippen LogP contribution in [0.25, 0.3) is 0 Å². The number of hydrogen-bond donors (Lipinski definition) is 4. The van der Waals surface area contributed by atoms with Crippen LogP contribution in [0.4, 0.5) is 4.79 Å². The van der Waals surface area contributed by atoms with E-state index in [0.717, 1.165) is 13.1 Å². The molecule has 1 rings (SSSR count). The average Bonchev–Trinajstić information content (AvgIpc) is 2.38. The first-order valence-electron chi connectivity index (χ1n) is 6.34. The maximum absolute atomic E-state index is 11.5. The van der Waals surface area contributed by atoms with Crippen LogP contribution in [0.3, 0.4) is 0 Å². The third kappa shape index (κ3) is 6.34. The molecule has 0 radical (unpaired) electrons. The van der Waals surface area contributed by atoms with Crippen LogP contribution in [0.1, 0.15) is 6.42 Å². The molecule has 0 aliphatic carbocycles. The molecule has 114 valence electrons. The molecule has 9 nitrogen and oxygen atoms in total. The second kappa shape index (κ2) is 8.33. The van der Waals surface area contributed by atoms with Gasteiger partial charge in [0.1, 0.15) is 6.04 Å². The highest BCUT2D eigenvalue weighted by Gasteiger charge is 2.22. The number of amides is 3. The molecule has 0 unspecified atom stereocenters. The second-order valence-electron chi connectivity index (χ2n) is 4.42. The van der Waals surface area contributed by atoms with Crippen molar-refractivity contribution in [1.82, 2.24) is 15.5 Å². The van der Waals surface area contributed by atoms with Crippen molar-refractivity contribution in [3.05, 3.63) is 0 Å². The molecule has 1 fully saturated rings. The van der Waals surface area contributed by atoms with Gasteiger partial charge in [-0.15, -0.1) is 0 Å². The number of rotatable bonds is 7. The number of carbonyl (C=O) groups excluding carboxylic acids is 2. The minimum absolute atomic E-state index is 0.384. The normalized spacial score (nSPS) is 17.2. The molecule has 3 amide bonds. The molecule has 9 heteroatoms.